The van der Waals surface area contributed by atoms with Crippen LogP contribution in [0, 0.1) is 0 Å². The molecule has 5 aromatic carbocycles. The van der Waals surface area contributed by atoms with Gasteiger partial charge in [0, 0.05) is 32.9 Å². The summed E-state index contributed by atoms with van der Waals surface area (Å²) in [5.41, 5.74) is 7.11. The zero-order chi connectivity index (χ0) is 34.8. The van der Waals surface area contributed by atoms with Crippen molar-refractivity contribution in [2.24, 2.45) is 0 Å². The number of benzene rings is 5. The van der Waals surface area contributed by atoms with Gasteiger partial charge in [0.15, 0.2) is 0 Å². The average molecular weight is 660 g/mol. The molecule has 0 N–H and O–H groups in total. The fourth-order valence-electron chi connectivity index (χ4n) is 7.57. The quantitative estimate of drug-likeness (QED) is 0.178. The molecule has 0 unspecified atom stereocenters. The van der Waals surface area contributed by atoms with Crippen molar-refractivity contribution in [1.29, 1.82) is 0 Å². The molecule has 0 aliphatic carbocycles. The van der Waals surface area contributed by atoms with Gasteiger partial charge in [-0.1, -0.05) is 60.7 Å². The predicted octanol–water partition coefficient (Wildman–Crippen LogP) is 8.48. The van der Waals surface area contributed by atoms with Gasteiger partial charge in [0.1, 0.15) is 0 Å². The Morgan fingerprint density at radius 2 is 0.740 bits per heavy atom. The van der Waals surface area contributed by atoms with Gasteiger partial charge in [-0.25, -0.2) is 0 Å². The average Bonchev–Trinajstić information content (AvgIpc) is 3.72. The van der Waals surface area contributed by atoms with E-state index in [1.54, 1.807) is 0 Å². The first-order valence-electron chi connectivity index (χ1n) is 17.6. The number of hydrogen-bond acceptors (Lipinski definition) is 4. The van der Waals surface area contributed by atoms with Crippen LogP contribution in [0.25, 0.3) is 55.0 Å². The molecule has 0 atom stereocenters. The minimum atomic E-state index is -0.439. The second-order valence-corrected chi connectivity index (χ2v) is 16.0. The van der Waals surface area contributed by atoms with Crippen molar-refractivity contribution < 1.29 is 18.6 Å². The van der Waals surface area contributed by atoms with E-state index in [-0.39, 0.29) is 0 Å². The number of hydrogen-bond donors (Lipinski definition) is 0. The third-order valence-electron chi connectivity index (χ3n) is 11.8. The SMILES string of the molecule is CC1(C)OB(c2cccc(-n3c4ccccc4c4cc5c(cc43)c3ccccc3n5-c3cccc(B4OC(C)(C)C(C)(C)O4)c3)c2)OC1(C)C. The van der Waals surface area contributed by atoms with Gasteiger partial charge in [0.05, 0.1) is 44.5 Å². The molecule has 4 heterocycles. The maximum absolute atomic E-state index is 6.46. The molecule has 0 spiro atoms. The Kier molecular flexibility index (Phi) is 6.70. The monoisotopic (exact) mass is 660 g/mol. The lowest BCUT2D eigenvalue weighted by atomic mass is 9.79. The normalized spacial score (nSPS) is 19.4. The lowest BCUT2D eigenvalue weighted by Crippen LogP contribution is -2.41. The van der Waals surface area contributed by atoms with Crippen molar-refractivity contribution in [1.82, 2.24) is 9.13 Å². The van der Waals surface area contributed by atoms with E-state index >= 15 is 0 Å². The van der Waals surface area contributed by atoms with E-state index in [4.69, 9.17) is 18.6 Å². The molecule has 50 heavy (non-hydrogen) atoms. The molecule has 2 aromatic heterocycles. The molecule has 9 rings (SSSR count). The highest BCUT2D eigenvalue weighted by atomic mass is 16.7. The third kappa shape index (κ3) is 4.59. The Balaban J connectivity index is 1.24. The Labute approximate surface area is 294 Å². The van der Waals surface area contributed by atoms with E-state index < -0.39 is 36.6 Å². The fourth-order valence-corrected chi connectivity index (χ4v) is 7.57. The van der Waals surface area contributed by atoms with Crippen molar-refractivity contribution in [2.45, 2.75) is 77.8 Å². The van der Waals surface area contributed by atoms with Gasteiger partial charge < -0.3 is 27.8 Å². The van der Waals surface area contributed by atoms with Crippen molar-refractivity contribution >= 4 is 68.8 Å². The molecule has 2 aliphatic heterocycles. The third-order valence-corrected chi connectivity index (χ3v) is 11.8. The molecule has 2 fully saturated rings. The van der Waals surface area contributed by atoms with Crippen LogP contribution in [0.3, 0.4) is 0 Å². The zero-order valence-corrected chi connectivity index (χ0v) is 30.1. The lowest BCUT2D eigenvalue weighted by molar-refractivity contribution is 0.00578. The molecular formula is C42H42B2N2O4. The second-order valence-electron chi connectivity index (χ2n) is 16.0. The Morgan fingerprint density at radius 3 is 1.12 bits per heavy atom. The smallest absolute Gasteiger partial charge is 0.399 e. The maximum atomic E-state index is 6.46. The summed E-state index contributed by atoms with van der Waals surface area (Å²) in [4.78, 5) is 0. The van der Waals surface area contributed by atoms with E-state index in [9.17, 15) is 0 Å². The Hall–Kier alpha value is -4.33. The summed E-state index contributed by atoms with van der Waals surface area (Å²) in [6, 6.07) is 39.3. The van der Waals surface area contributed by atoms with E-state index in [1.165, 1.54) is 21.5 Å². The summed E-state index contributed by atoms with van der Waals surface area (Å²) in [5.74, 6) is 0. The highest BCUT2D eigenvalue weighted by Gasteiger charge is 2.52. The van der Waals surface area contributed by atoms with Crippen LogP contribution in [0.5, 0.6) is 0 Å². The molecule has 2 saturated heterocycles. The minimum absolute atomic E-state index is 0.413. The first-order chi connectivity index (χ1) is 23.7. The summed E-state index contributed by atoms with van der Waals surface area (Å²) in [5, 5.41) is 4.79. The van der Waals surface area contributed by atoms with Crippen molar-refractivity contribution in [3.05, 3.63) is 109 Å². The molecule has 0 saturated carbocycles. The van der Waals surface area contributed by atoms with Gasteiger partial charge in [-0.3, -0.25) is 0 Å². The van der Waals surface area contributed by atoms with Gasteiger partial charge in [-0.15, -0.1) is 0 Å². The topological polar surface area (TPSA) is 46.8 Å². The molecule has 8 heteroatoms. The summed E-state index contributed by atoms with van der Waals surface area (Å²) in [6.07, 6.45) is 0. The molecule has 0 amide bonds. The van der Waals surface area contributed by atoms with Crippen LogP contribution >= 0.6 is 0 Å². The van der Waals surface area contributed by atoms with E-state index in [2.05, 4.69) is 174 Å². The number of fused-ring (bicyclic) bond motifs is 6. The molecule has 6 nitrogen and oxygen atoms in total. The highest BCUT2D eigenvalue weighted by molar-refractivity contribution is 6.62. The van der Waals surface area contributed by atoms with Crippen molar-refractivity contribution in [3.8, 4) is 11.4 Å². The van der Waals surface area contributed by atoms with Crippen LogP contribution in [0.2, 0.25) is 0 Å². The summed E-state index contributed by atoms with van der Waals surface area (Å²) in [7, 11) is -0.878. The number of nitrogens with zero attached hydrogens (tertiary/aromatic N) is 2. The van der Waals surface area contributed by atoms with Crippen molar-refractivity contribution in [3.63, 3.8) is 0 Å². The van der Waals surface area contributed by atoms with Crippen molar-refractivity contribution in [2.75, 3.05) is 0 Å². The van der Waals surface area contributed by atoms with Crippen LogP contribution in [-0.2, 0) is 18.6 Å². The first-order valence-corrected chi connectivity index (χ1v) is 17.6. The molecule has 250 valence electrons. The molecule has 0 radical (unpaired) electrons. The Bertz CT molecular complexity index is 2290. The molecule has 7 aromatic rings. The predicted molar refractivity (Wildman–Crippen MR) is 207 cm³/mol. The van der Waals surface area contributed by atoms with Gasteiger partial charge in [-0.05, 0) is 115 Å². The van der Waals surface area contributed by atoms with Crippen LogP contribution in [0.15, 0.2) is 109 Å². The first kappa shape index (κ1) is 31.6. The largest absolute Gasteiger partial charge is 0.494 e. The summed E-state index contributed by atoms with van der Waals surface area (Å²) in [6.45, 7) is 16.8. The molecular weight excluding hydrogens is 618 g/mol. The highest BCUT2D eigenvalue weighted by Crippen LogP contribution is 2.41. The summed E-state index contributed by atoms with van der Waals surface area (Å²) >= 11 is 0. The van der Waals surface area contributed by atoms with Gasteiger partial charge in [0.2, 0.25) is 0 Å². The minimum Gasteiger partial charge on any atom is -0.399 e. The van der Waals surface area contributed by atoms with Crippen LogP contribution in [-0.4, -0.2) is 45.8 Å². The standard InChI is InChI=1S/C42H42B2N2O4/c1-39(2)40(3,4)48-43(47-39)27-15-13-17-29(23-27)45-35-21-11-9-19-31(35)33-26-38-34(25-37(33)45)32-20-10-12-22-36(32)46(38)30-18-14-16-28(24-30)44-49-41(5,6)42(7,8)50-44/h9-26H,1-8H3. The summed E-state index contributed by atoms with van der Waals surface area (Å²) < 4.78 is 30.6. The Morgan fingerprint density at radius 1 is 0.380 bits per heavy atom. The van der Waals surface area contributed by atoms with Crippen LogP contribution in [0.4, 0.5) is 0 Å². The molecule has 0 bridgehead atoms. The lowest BCUT2D eigenvalue weighted by Gasteiger charge is -2.32. The van der Waals surface area contributed by atoms with E-state index in [0.29, 0.717) is 0 Å². The van der Waals surface area contributed by atoms with Gasteiger partial charge in [0.25, 0.3) is 0 Å². The number of rotatable bonds is 4. The molecule has 2 aliphatic rings. The maximum Gasteiger partial charge on any atom is 0.494 e. The van der Waals surface area contributed by atoms with E-state index in [1.807, 2.05) is 0 Å². The van der Waals surface area contributed by atoms with Gasteiger partial charge >= 0.3 is 14.2 Å². The van der Waals surface area contributed by atoms with Crippen LogP contribution < -0.4 is 10.9 Å². The number of aromatic nitrogens is 2. The zero-order valence-electron chi connectivity index (χ0n) is 30.1. The van der Waals surface area contributed by atoms with Gasteiger partial charge in [-0.2, -0.15) is 0 Å². The van der Waals surface area contributed by atoms with Crippen LogP contribution in [0.1, 0.15) is 55.4 Å². The second kappa shape index (κ2) is 10.6. The van der Waals surface area contributed by atoms with E-state index in [0.717, 1.165) is 44.4 Å². The number of para-hydroxylation sites is 2. The fraction of sp³-hybridized carbons (Fsp3) is 0.286.